The maximum atomic E-state index is 12.2. The number of nitrogens with zero attached hydrogens (tertiary/aromatic N) is 3. The first-order valence-corrected chi connectivity index (χ1v) is 9.16. The van der Waals surface area contributed by atoms with E-state index in [4.69, 9.17) is 4.74 Å². The zero-order valence-corrected chi connectivity index (χ0v) is 14.5. The minimum Gasteiger partial charge on any atom is -0.378 e. The Morgan fingerprint density at radius 2 is 2.04 bits per heavy atom. The third-order valence-corrected chi connectivity index (χ3v) is 5.50. The van der Waals surface area contributed by atoms with Gasteiger partial charge in [-0.2, -0.15) is 0 Å². The van der Waals surface area contributed by atoms with Crippen molar-refractivity contribution in [3.05, 3.63) is 46.4 Å². The molecule has 1 aromatic rings. The minimum absolute atomic E-state index is 0.0809. The summed E-state index contributed by atoms with van der Waals surface area (Å²) >= 11 is 0. The molecule has 2 saturated heterocycles. The Bertz CT molecular complexity index is 721. The van der Waals surface area contributed by atoms with Crippen LogP contribution in [-0.4, -0.2) is 66.2 Å². The molecule has 3 aliphatic heterocycles. The van der Waals surface area contributed by atoms with Crippen molar-refractivity contribution >= 4 is 5.91 Å². The molecule has 0 radical (unpaired) electrons. The standard InChI is InChI=1S/C19H25N3O3/c23-18(21-7-9-25-10-8-21)5-2-6-20-12-15-11-16(14-20)17-3-1-4-19(24)22(17)13-15/h1-5,15-16H,6-14H2. The second kappa shape index (κ2) is 7.14. The third-order valence-electron chi connectivity index (χ3n) is 5.50. The van der Waals surface area contributed by atoms with E-state index in [1.165, 1.54) is 5.69 Å². The van der Waals surface area contributed by atoms with E-state index >= 15 is 0 Å². The fourth-order valence-corrected chi connectivity index (χ4v) is 4.34. The molecule has 4 heterocycles. The average Bonchev–Trinajstić information content (AvgIpc) is 2.63. The molecule has 1 amide bonds. The van der Waals surface area contributed by atoms with Crippen LogP contribution >= 0.6 is 0 Å². The number of fused-ring (bicyclic) bond motifs is 4. The number of carbonyl (C=O) groups is 1. The normalized spacial score (nSPS) is 26.6. The van der Waals surface area contributed by atoms with Gasteiger partial charge in [-0.1, -0.05) is 12.1 Å². The number of likely N-dealkylation sites (tertiary alicyclic amines) is 1. The van der Waals surface area contributed by atoms with E-state index in [1.807, 2.05) is 21.6 Å². The predicted molar refractivity (Wildman–Crippen MR) is 94.5 cm³/mol. The van der Waals surface area contributed by atoms with E-state index in [0.717, 1.165) is 32.6 Å². The lowest BCUT2D eigenvalue weighted by Crippen LogP contribution is -2.47. The van der Waals surface area contributed by atoms with Crippen LogP contribution in [-0.2, 0) is 16.1 Å². The molecule has 0 aliphatic carbocycles. The van der Waals surface area contributed by atoms with Crippen LogP contribution in [0.5, 0.6) is 0 Å². The molecular weight excluding hydrogens is 318 g/mol. The molecule has 1 aromatic heterocycles. The van der Waals surface area contributed by atoms with Gasteiger partial charge < -0.3 is 14.2 Å². The molecule has 2 bridgehead atoms. The Labute approximate surface area is 147 Å². The molecule has 0 saturated carbocycles. The average molecular weight is 343 g/mol. The number of amides is 1. The number of piperidine rings is 1. The fraction of sp³-hybridized carbons (Fsp3) is 0.579. The number of morpholine rings is 1. The number of aromatic nitrogens is 1. The van der Waals surface area contributed by atoms with Gasteiger partial charge in [-0.3, -0.25) is 14.5 Å². The van der Waals surface area contributed by atoms with Crippen molar-refractivity contribution in [3.63, 3.8) is 0 Å². The molecule has 134 valence electrons. The van der Waals surface area contributed by atoms with Crippen molar-refractivity contribution < 1.29 is 9.53 Å². The van der Waals surface area contributed by atoms with E-state index in [9.17, 15) is 9.59 Å². The van der Waals surface area contributed by atoms with E-state index in [0.29, 0.717) is 38.1 Å². The van der Waals surface area contributed by atoms with Gasteiger partial charge in [0, 0.05) is 63.0 Å². The van der Waals surface area contributed by atoms with E-state index < -0.39 is 0 Å². The Kier molecular flexibility index (Phi) is 4.72. The van der Waals surface area contributed by atoms with Crippen molar-refractivity contribution in [2.45, 2.75) is 18.9 Å². The highest BCUT2D eigenvalue weighted by Crippen LogP contribution is 2.34. The second-order valence-electron chi connectivity index (χ2n) is 7.26. The molecular formula is C19H25N3O3. The number of carbonyl (C=O) groups excluding carboxylic acids is 1. The van der Waals surface area contributed by atoms with Gasteiger partial charge in [0.15, 0.2) is 0 Å². The zero-order chi connectivity index (χ0) is 17.2. The number of hydrogen-bond acceptors (Lipinski definition) is 4. The van der Waals surface area contributed by atoms with Crippen LogP contribution in [0.1, 0.15) is 18.0 Å². The molecule has 6 heteroatoms. The summed E-state index contributed by atoms with van der Waals surface area (Å²) in [6, 6.07) is 5.61. The van der Waals surface area contributed by atoms with Gasteiger partial charge in [0.05, 0.1) is 13.2 Å². The number of ether oxygens (including phenoxy) is 1. The summed E-state index contributed by atoms with van der Waals surface area (Å²) in [5.41, 5.74) is 1.29. The molecule has 2 unspecified atom stereocenters. The molecule has 6 nitrogen and oxygen atoms in total. The monoisotopic (exact) mass is 343 g/mol. The van der Waals surface area contributed by atoms with Crippen LogP contribution in [0.15, 0.2) is 35.1 Å². The highest BCUT2D eigenvalue weighted by molar-refractivity contribution is 5.87. The first kappa shape index (κ1) is 16.5. The second-order valence-corrected chi connectivity index (χ2v) is 7.26. The number of hydrogen-bond donors (Lipinski definition) is 0. The van der Waals surface area contributed by atoms with Gasteiger partial charge in [0.2, 0.25) is 5.91 Å². The van der Waals surface area contributed by atoms with Crippen molar-refractivity contribution in [3.8, 4) is 0 Å². The summed E-state index contributed by atoms with van der Waals surface area (Å²) in [5.74, 6) is 1.02. The number of pyridine rings is 1. The van der Waals surface area contributed by atoms with Crippen molar-refractivity contribution in [1.29, 1.82) is 0 Å². The van der Waals surface area contributed by atoms with Crippen LogP contribution in [0.25, 0.3) is 0 Å². The maximum Gasteiger partial charge on any atom is 0.250 e. The minimum atomic E-state index is 0.0809. The van der Waals surface area contributed by atoms with Gasteiger partial charge in [-0.15, -0.1) is 0 Å². The summed E-state index contributed by atoms with van der Waals surface area (Å²) in [4.78, 5) is 28.5. The summed E-state index contributed by atoms with van der Waals surface area (Å²) < 4.78 is 7.23. The lowest BCUT2D eigenvalue weighted by molar-refractivity contribution is -0.130. The quantitative estimate of drug-likeness (QED) is 0.758. The Morgan fingerprint density at radius 1 is 1.20 bits per heavy atom. The first-order valence-electron chi connectivity index (χ1n) is 9.16. The molecule has 2 fully saturated rings. The summed E-state index contributed by atoms with van der Waals surface area (Å²) in [6.45, 7) is 6.19. The Morgan fingerprint density at radius 3 is 2.88 bits per heavy atom. The molecule has 2 atom stereocenters. The summed E-state index contributed by atoms with van der Waals surface area (Å²) in [6.07, 6.45) is 4.85. The lowest BCUT2D eigenvalue weighted by atomic mass is 9.83. The zero-order valence-electron chi connectivity index (χ0n) is 14.5. The highest BCUT2D eigenvalue weighted by Gasteiger charge is 2.33. The first-order chi connectivity index (χ1) is 12.2. The Hall–Kier alpha value is -1.92. The summed E-state index contributed by atoms with van der Waals surface area (Å²) in [5, 5.41) is 0. The van der Waals surface area contributed by atoms with Gasteiger partial charge in [0.1, 0.15) is 0 Å². The van der Waals surface area contributed by atoms with Gasteiger partial charge >= 0.3 is 0 Å². The van der Waals surface area contributed by atoms with Crippen molar-refractivity contribution in [1.82, 2.24) is 14.4 Å². The lowest BCUT2D eigenvalue weighted by Gasteiger charge is -2.42. The SMILES string of the molecule is O=C(C=CCN1CC2CC(C1)c1cccc(=O)n1C2)N1CCOCC1. The molecule has 3 aliphatic rings. The summed E-state index contributed by atoms with van der Waals surface area (Å²) in [7, 11) is 0. The van der Waals surface area contributed by atoms with Crippen molar-refractivity contribution in [2.75, 3.05) is 45.9 Å². The van der Waals surface area contributed by atoms with Gasteiger partial charge in [0.25, 0.3) is 5.56 Å². The van der Waals surface area contributed by atoms with Crippen LogP contribution in [0.3, 0.4) is 0 Å². The molecule has 4 rings (SSSR count). The third kappa shape index (κ3) is 3.55. The van der Waals surface area contributed by atoms with Crippen molar-refractivity contribution in [2.24, 2.45) is 5.92 Å². The maximum absolute atomic E-state index is 12.2. The fourth-order valence-electron chi connectivity index (χ4n) is 4.34. The van der Waals surface area contributed by atoms with E-state index in [1.54, 1.807) is 12.1 Å². The molecule has 0 aromatic carbocycles. The topological polar surface area (TPSA) is 54.8 Å². The van der Waals surface area contributed by atoms with Crippen LogP contribution in [0.4, 0.5) is 0 Å². The van der Waals surface area contributed by atoms with Crippen LogP contribution < -0.4 is 5.56 Å². The smallest absolute Gasteiger partial charge is 0.250 e. The highest BCUT2D eigenvalue weighted by atomic mass is 16.5. The van der Waals surface area contributed by atoms with Crippen LogP contribution in [0.2, 0.25) is 0 Å². The Balaban J connectivity index is 1.37. The predicted octanol–water partition coefficient (Wildman–Crippen LogP) is 0.682. The number of rotatable bonds is 3. The van der Waals surface area contributed by atoms with E-state index in [-0.39, 0.29) is 11.5 Å². The van der Waals surface area contributed by atoms with Gasteiger partial charge in [-0.05, 0) is 18.4 Å². The molecule has 0 spiro atoms. The largest absolute Gasteiger partial charge is 0.378 e. The van der Waals surface area contributed by atoms with Crippen LogP contribution in [0, 0.1) is 5.92 Å². The van der Waals surface area contributed by atoms with Gasteiger partial charge in [-0.25, -0.2) is 0 Å². The van der Waals surface area contributed by atoms with E-state index in [2.05, 4.69) is 11.0 Å². The molecule has 25 heavy (non-hydrogen) atoms. The molecule has 0 N–H and O–H groups in total.